The van der Waals surface area contributed by atoms with Crippen LogP contribution < -0.4 is 11.1 Å². The van der Waals surface area contributed by atoms with Gasteiger partial charge in [0.25, 0.3) is 0 Å². The Kier molecular flexibility index (Phi) is 4.50. The Morgan fingerprint density at radius 3 is 2.58 bits per heavy atom. The van der Waals surface area contributed by atoms with Crippen LogP contribution in [0.2, 0.25) is 0 Å². The molecule has 0 spiro atoms. The van der Waals surface area contributed by atoms with Gasteiger partial charge < -0.3 is 11.1 Å². The number of H-pyrrole nitrogens is 1. The van der Waals surface area contributed by atoms with E-state index in [9.17, 15) is 0 Å². The van der Waals surface area contributed by atoms with E-state index < -0.39 is 0 Å². The van der Waals surface area contributed by atoms with Crippen molar-refractivity contribution in [1.82, 2.24) is 25.1 Å². The van der Waals surface area contributed by atoms with E-state index in [1.165, 1.54) is 11.8 Å². The molecule has 2 aromatic heterocycles. The van der Waals surface area contributed by atoms with Crippen molar-refractivity contribution in [2.24, 2.45) is 0 Å². The Hall–Kier alpha value is -2.61. The number of nitrogens with two attached hydrogens (primary N) is 1. The maximum Gasteiger partial charge on any atom is 0.232 e. The molecule has 1 aliphatic rings. The van der Waals surface area contributed by atoms with Gasteiger partial charge in [0.1, 0.15) is 5.82 Å². The molecule has 7 nitrogen and oxygen atoms in total. The van der Waals surface area contributed by atoms with Crippen LogP contribution in [0.3, 0.4) is 0 Å². The summed E-state index contributed by atoms with van der Waals surface area (Å²) in [5, 5.41) is 11.2. The quantitative estimate of drug-likeness (QED) is 0.564. The Labute approximate surface area is 156 Å². The summed E-state index contributed by atoms with van der Waals surface area (Å²) in [7, 11) is 0. The number of nitrogens with one attached hydrogen (secondary N) is 2. The summed E-state index contributed by atoms with van der Waals surface area (Å²) in [6, 6.07) is 9.67. The largest absolute Gasteiger partial charge is 0.399 e. The minimum absolute atomic E-state index is 0.384. The van der Waals surface area contributed by atoms with E-state index in [-0.39, 0.29) is 0 Å². The molecule has 2 heterocycles. The van der Waals surface area contributed by atoms with Gasteiger partial charge in [-0.1, -0.05) is 13.8 Å². The molecule has 0 saturated heterocycles. The Morgan fingerprint density at radius 2 is 1.92 bits per heavy atom. The van der Waals surface area contributed by atoms with Crippen molar-refractivity contribution in [2.75, 3.05) is 11.1 Å². The molecule has 134 valence electrons. The highest BCUT2D eigenvalue weighted by Crippen LogP contribution is 2.39. The average molecular weight is 367 g/mol. The van der Waals surface area contributed by atoms with E-state index in [2.05, 4.69) is 44.3 Å². The van der Waals surface area contributed by atoms with Gasteiger partial charge in [-0.05, 0) is 54.8 Å². The molecule has 0 unspecified atom stereocenters. The maximum absolute atomic E-state index is 5.75. The van der Waals surface area contributed by atoms with Crippen molar-refractivity contribution >= 4 is 29.2 Å². The van der Waals surface area contributed by atoms with Gasteiger partial charge in [0.05, 0.1) is 0 Å². The second-order valence-electron chi connectivity index (χ2n) is 6.73. The molecule has 8 heteroatoms. The van der Waals surface area contributed by atoms with Gasteiger partial charge in [-0.2, -0.15) is 15.1 Å². The third-order valence-corrected chi connectivity index (χ3v) is 5.00. The van der Waals surface area contributed by atoms with Gasteiger partial charge in [-0.15, -0.1) is 0 Å². The summed E-state index contributed by atoms with van der Waals surface area (Å²) in [6.45, 7) is 4.24. The Morgan fingerprint density at radius 1 is 1.15 bits per heavy atom. The second kappa shape index (κ2) is 6.95. The standard InChI is InChI=1S/C18H21N7S/c1-10(2)14-9-15(25-24-14)20-17-21-16(11-3-4-11)22-18(23-17)26-13-7-5-12(19)6-8-13/h5-11H,3-4,19H2,1-2H3,(H2,20,21,22,23,24,25). The minimum Gasteiger partial charge on any atom is -0.399 e. The fourth-order valence-corrected chi connectivity index (χ4v) is 3.20. The summed E-state index contributed by atoms with van der Waals surface area (Å²) < 4.78 is 0. The molecule has 4 N–H and O–H groups in total. The van der Waals surface area contributed by atoms with Crippen LogP contribution >= 0.6 is 11.8 Å². The third-order valence-electron chi connectivity index (χ3n) is 4.12. The number of benzene rings is 1. The fourth-order valence-electron chi connectivity index (χ4n) is 2.45. The number of nitrogen functional groups attached to an aromatic ring is 1. The number of aromatic amines is 1. The number of rotatable bonds is 6. The smallest absolute Gasteiger partial charge is 0.232 e. The molecule has 0 atom stereocenters. The van der Waals surface area contributed by atoms with E-state index in [1.807, 2.05) is 30.3 Å². The average Bonchev–Trinajstić information content (AvgIpc) is 3.36. The Balaban J connectivity index is 1.59. The lowest BCUT2D eigenvalue weighted by molar-refractivity contribution is 0.809. The molecule has 1 aliphatic carbocycles. The minimum atomic E-state index is 0.384. The van der Waals surface area contributed by atoms with Crippen molar-refractivity contribution in [3.05, 3.63) is 41.9 Å². The highest BCUT2D eigenvalue weighted by molar-refractivity contribution is 7.99. The number of nitrogens with zero attached hydrogens (tertiary/aromatic N) is 4. The van der Waals surface area contributed by atoms with Gasteiger partial charge in [0.2, 0.25) is 5.95 Å². The van der Waals surface area contributed by atoms with Crippen LogP contribution in [0, 0.1) is 0 Å². The molecular formula is C18H21N7S. The van der Waals surface area contributed by atoms with Crippen LogP contribution in [-0.4, -0.2) is 25.1 Å². The first kappa shape index (κ1) is 16.8. The summed E-state index contributed by atoms with van der Waals surface area (Å²) in [5.74, 6) is 2.91. The van der Waals surface area contributed by atoms with Gasteiger partial charge in [0.15, 0.2) is 11.0 Å². The first-order valence-corrected chi connectivity index (χ1v) is 9.50. The predicted octanol–water partition coefficient (Wildman–Crippen LogP) is 4.07. The molecule has 0 bridgehead atoms. The summed E-state index contributed by atoms with van der Waals surface area (Å²) in [6.07, 6.45) is 2.27. The first-order chi connectivity index (χ1) is 12.6. The zero-order valence-corrected chi connectivity index (χ0v) is 15.5. The summed E-state index contributed by atoms with van der Waals surface area (Å²) >= 11 is 1.50. The highest BCUT2D eigenvalue weighted by Gasteiger charge is 2.28. The molecule has 1 saturated carbocycles. The van der Waals surface area contributed by atoms with Crippen molar-refractivity contribution in [2.45, 2.75) is 48.6 Å². The summed E-state index contributed by atoms with van der Waals surface area (Å²) in [5.41, 5.74) is 7.57. The van der Waals surface area contributed by atoms with Crippen molar-refractivity contribution in [3.63, 3.8) is 0 Å². The van der Waals surface area contributed by atoms with Gasteiger partial charge in [-0.3, -0.25) is 5.10 Å². The van der Waals surface area contributed by atoms with E-state index in [0.717, 1.165) is 34.9 Å². The van der Waals surface area contributed by atoms with E-state index in [1.54, 1.807) is 0 Å². The van der Waals surface area contributed by atoms with Crippen LogP contribution in [0.5, 0.6) is 0 Å². The molecule has 0 radical (unpaired) electrons. The van der Waals surface area contributed by atoms with Crippen molar-refractivity contribution in [3.8, 4) is 0 Å². The molecule has 1 fully saturated rings. The second-order valence-corrected chi connectivity index (χ2v) is 7.77. The van der Waals surface area contributed by atoms with Gasteiger partial charge in [0, 0.05) is 28.3 Å². The lowest BCUT2D eigenvalue weighted by atomic mass is 10.1. The van der Waals surface area contributed by atoms with E-state index in [4.69, 9.17) is 5.73 Å². The van der Waals surface area contributed by atoms with E-state index in [0.29, 0.717) is 28.8 Å². The molecule has 4 rings (SSSR count). The van der Waals surface area contributed by atoms with Gasteiger partial charge in [-0.25, -0.2) is 4.98 Å². The van der Waals surface area contributed by atoms with Crippen LogP contribution in [0.15, 0.2) is 40.4 Å². The van der Waals surface area contributed by atoms with Crippen molar-refractivity contribution < 1.29 is 0 Å². The van der Waals surface area contributed by atoms with Gasteiger partial charge >= 0.3 is 0 Å². The molecule has 1 aromatic carbocycles. The number of aromatic nitrogens is 5. The van der Waals surface area contributed by atoms with Crippen LogP contribution in [0.1, 0.15) is 50.0 Å². The lowest BCUT2D eigenvalue weighted by Gasteiger charge is -2.07. The first-order valence-electron chi connectivity index (χ1n) is 8.68. The summed E-state index contributed by atoms with van der Waals surface area (Å²) in [4.78, 5) is 14.8. The lowest BCUT2D eigenvalue weighted by Crippen LogP contribution is -2.04. The SMILES string of the molecule is CC(C)c1cc(Nc2nc(Sc3ccc(N)cc3)nc(C3CC3)n2)n[nH]1. The molecule has 0 aliphatic heterocycles. The zero-order chi connectivity index (χ0) is 18.1. The zero-order valence-electron chi connectivity index (χ0n) is 14.7. The Bertz CT molecular complexity index is 900. The fraction of sp³-hybridized carbons (Fsp3) is 0.333. The molecular weight excluding hydrogens is 346 g/mol. The molecule has 0 amide bonds. The van der Waals surface area contributed by atoms with Crippen LogP contribution in [-0.2, 0) is 0 Å². The highest BCUT2D eigenvalue weighted by atomic mass is 32.2. The molecule has 26 heavy (non-hydrogen) atoms. The van der Waals surface area contributed by atoms with Crippen LogP contribution in [0.25, 0.3) is 0 Å². The van der Waals surface area contributed by atoms with Crippen LogP contribution in [0.4, 0.5) is 17.5 Å². The monoisotopic (exact) mass is 367 g/mol. The predicted molar refractivity (Wildman–Crippen MR) is 103 cm³/mol. The molecule has 3 aromatic rings. The number of hydrogen-bond donors (Lipinski definition) is 3. The third kappa shape index (κ3) is 3.96. The van der Waals surface area contributed by atoms with E-state index >= 15 is 0 Å². The maximum atomic E-state index is 5.75. The van der Waals surface area contributed by atoms with Crippen molar-refractivity contribution in [1.29, 1.82) is 0 Å². The topological polar surface area (TPSA) is 105 Å². The number of hydrogen-bond acceptors (Lipinski definition) is 7. The number of anilines is 3. The normalized spacial score (nSPS) is 14.0.